The zero-order valence-corrected chi connectivity index (χ0v) is 23.8. The zero-order valence-electron chi connectivity index (χ0n) is 23.8. The smallest absolute Gasteiger partial charge is 0.408 e. The summed E-state index contributed by atoms with van der Waals surface area (Å²) in [6, 6.07) is 6.08. The van der Waals surface area contributed by atoms with E-state index < -0.39 is 37.7 Å². The number of nitrogens with zero attached hydrogens (tertiary/aromatic N) is 2. The van der Waals surface area contributed by atoms with Crippen molar-refractivity contribution in [2.75, 3.05) is 39.7 Å². The molecule has 2 rings (SSSR count). The van der Waals surface area contributed by atoms with E-state index in [1.165, 1.54) is 29.2 Å². The Morgan fingerprint density at radius 3 is 2.07 bits per heavy atom. The van der Waals surface area contributed by atoms with Crippen molar-refractivity contribution in [1.82, 2.24) is 9.80 Å². The first-order valence-electron chi connectivity index (χ1n) is 12.8. The van der Waals surface area contributed by atoms with E-state index in [1.807, 2.05) is 0 Å². The number of carbonyl (C=O) groups is 5. The fraction of sp³-hybridized carbons (Fsp3) is 0.233. The van der Waals surface area contributed by atoms with Crippen molar-refractivity contribution in [1.29, 1.82) is 0 Å². The van der Waals surface area contributed by atoms with E-state index in [4.69, 9.17) is 14.2 Å². The van der Waals surface area contributed by atoms with Crippen molar-refractivity contribution in [2.45, 2.75) is 6.92 Å². The van der Waals surface area contributed by atoms with Crippen molar-refractivity contribution >= 4 is 36.5 Å². The van der Waals surface area contributed by atoms with Gasteiger partial charge in [-0.1, -0.05) is 49.6 Å². The molecule has 0 saturated heterocycles. The molecule has 0 aromatic heterocycles. The lowest BCUT2D eigenvalue weighted by Gasteiger charge is -2.32. The van der Waals surface area contributed by atoms with Crippen LogP contribution in [0.25, 0.3) is 5.57 Å². The number of carboxylic acid groups (broad SMARTS) is 3. The molecular formula is C30H32N2O12. The molecule has 1 aromatic carbocycles. The molecule has 14 heteroatoms. The normalized spacial score (nSPS) is 16.0. The van der Waals surface area contributed by atoms with Crippen molar-refractivity contribution in [2.24, 2.45) is 0 Å². The number of allylic oxidation sites excluding steroid dienone is 3. The van der Waals surface area contributed by atoms with Gasteiger partial charge in [-0.25, -0.2) is 14.5 Å². The lowest BCUT2D eigenvalue weighted by atomic mass is 9.84. The third-order valence-electron chi connectivity index (χ3n) is 6.22. The predicted molar refractivity (Wildman–Crippen MR) is 155 cm³/mol. The maximum absolute atomic E-state index is 12.3. The Morgan fingerprint density at radius 2 is 1.59 bits per heavy atom. The highest BCUT2D eigenvalue weighted by molar-refractivity contribution is 6.00. The second-order valence-electron chi connectivity index (χ2n) is 8.94. The van der Waals surface area contributed by atoms with Crippen LogP contribution in [0.2, 0.25) is 0 Å². The molecule has 0 aliphatic carbocycles. The summed E-state index contributed by atoms with van der Waals surface area (Å²) in [6.45, 7) is 6.73. The quantitative estimate of drug-likeness (QED) is 0.148. The Hall–Kier alpha value is -5.47. The van der Waals surface area contributed by atoms with Gasteiger partial charge in [0.05, 0.1) is 18.7 Å². The van der Waals surface area contributed by atoms with E-state index in [9.17, 15) is 44.4 Å². The average Bonchev–Trinajstić information content (AvgIpc) is 3.01. The molecule has 1 aliphatic rings. The summed E-state index contributed by atoms with van der Waals surface area (Å²) in [4.78, 5) is 59.1. The minimum Gasteiger partial charge on any atom is -0.480 e. The summed E-state index contributed by atoms with van der Waals surface area (Å²) in [5.41, 5.74) is 1.24. The molecule has 1 aliphatic heterocycles. The van der Waals surface area contributed by atoms with E-state index in [0.29, 0.717) is 16.0 Å². The Labute approximate surface area is 252 Å². The molecule has 0 saturated carbocycles. The Bertz CT molecular complexity index is 1420. The van der Waals surface area contributed by atoms with Gasteiger partial charge in [0, 0.05) is 34.4 Å². The van der Waals surface area contributed by atoms with Gasteiger partial charge in [0.2, 0.25) is 0 Å². The van der Waals surface area contributed by atoms with Gasteiger partial charge >= 0.3 is 18.0 Å². The van der Waals surface area contributed by atoms with E-state index in [0.717, 1.165) is 0 Å². The number of aliphatic carboxylic acids is 1. The van der Waals surface area contributed by atoms with Crippen LogP contribution >= 0.6 is 0 Å². The number of carboxylic acids is 2. The molecule has 1 heterocycles. The molecule has 14 nitrogen and oxygen atoms in total. The van der Waals surface area contributed by atoms with Crippen LogP contribution in [-0.2, 0) is 28.6 Å². The molecule has 0 fully saturated rings. The van der Waals surface area contributed by atoms with Crippen molar-refractivity contribution < 1.29 is 58.6 Å². The maximum atomic E-state index is 12.3. The number of hydrogen-bond acceptors (Lipinski definition) is 10. The fourth-order valence-corrected chi connectivity index (χ4v) is 4.39. The Balaban J connectivity index is 3.01. The minimum absolute atomic E-state index is 0.0208. The number of benzene rings is 1. The van der Waals surface area contributed by atoms with Gasteiger partial charge < -0.3 is 34.6 Å². The van der Waals surface area contributed by atoms with E-state index in [-0.39, 0.29) is 72.3 Å². The van der Waals surface area contributed by atoms with Crippen LogP contribution in [-0.4, -0.2) is 101 Å². The van der Waals surface area contributed by atoms with Gasteiger partial charge in [0.15, 0.2) is 0 Å². The van der Waals surface area contributed by atoms with Gasteiger partial charge in [-0.2, -0.15) is 0 Å². The first kappa shape index (κ1) is 34.7. The lowest BCUT2D eigenvalue weighted by molar-refractivity contribution is -0.141. The minimum atomic E-state index is -1.54. The number of amides is 1. The standard InChI is InChI=1S/C30H32N2O12/c1-4-19(12-32(30(40)41)13-25(36)37)27-21(5-2)26(23-9-7-8-10-24(23)29(38)39)22(6-3)28(44-27)20(14-33)11-31(15-42-17-34)16-43-18-35/h4-10,17-18,33H,1-2,11-16H2,3H3,(H,36,37)(H,38,39)(H,40,41)/b22-6-,27-19-,28-20+. The molecule has 4 N–H and O–H groups in total. The van der Waals surface area contributed by atoms with Crippen LogP contribution in [0.5, 0.6) is 0 Å². The molecule has 0 bridgehead atoms. The molecule has 44 heavy (non-hydrogen) atoms. The number of rotatable bonds is 17. The number of aromatic carboxylic acids is 1. The van der Waals surface area contributed by atoms with Crippen LogP contribution < -0.4 is 0 Å². The Kier molecular flexibility index (Phi) is 13.3. The highest BCUT2D eigenvalue weighted by Gasteiger charge is 2.33. The SMILES string of the molecule is C=CC1=C(c2ccccc2C(=O)O)C(=C/C)/C(=C(\CO)CN(COC=O)COC=O)O/C1=C(/C=C)CN(CC(=O)O)C(=O)O. The second-order valence-corrected chi connectivity index (χ2v) is 8.94. The van der Waals surface area contributed by atoms with Crippen LogP contribution in [0.15, 0.2) is 89.5 Å². The van der Waals surface area contributed by atoms with Gasteiger partial charge in [-0.15, -0.1) is 0 Å². The summed E-state index contributed by atoms with van der Waals surface area (Å²) in [6.07, 6.45) is 2.70. The molecule has 0 radical (unpaired) electrons. The molecule has 0 unspecified atom stereocenters. The fourth-order valence-electron chi connectivity index (χ4n) is 4.39. The van der Waals surface area contributed by atoms with E-state index in [1.54, 1.807) is 25.1 Å². The number of aliphatic hydroxyl groups is 1. The molecule has 1 aromatic rings. The van der Waals surface area contributed by atoms with Crippen molar-refractivity contribution in [3.05, 3.63) is 101 Å². The van der Waals surface area contributed by atoms with Crippen LogP contribution in [0, 0.1) is 0 Å². The topological polar surface area (TPSA) is 200 Å². The molecule has 234 valence electrons. The summed E-state index contributed by atoms with van der Waals surface area (Å²) in [5.74, 6) is -2.67. The second kappa shape index (κ2) is 16.8. The Morgan fingerprint density at radius 1 is 0.955 bits per heavy atom. The lowest BCUT2D eigenvalue weighted by Crippen LogP contribution is -2.36. The van der Waals surface area contributed by atoms with Gasteiger partial charge in [-0.05, 0) is 18.6 Å². The van der Waals surface area contributed by atoms with Crippen molar-refractivity contribution in [3.63, 3.8) is 0 Å². The average molecular weight is 613 g/mol. The first-order chi connectivity index (χ1) is 21.1. The van der Waals surface area contributed by atoms with Gasteiger partial charge in [0.25, 0.3) is 12.9 Å². The number of hydrogen-bond donors (Lipinski definition) is 4. The third-order valence-corrected chi connectivity index (χ3v) is 6.22. The van der Waals surface area contributed by atoms with Gasteiger partial charge in [-0.3, -0.25) is 19.3 Å². The molecule has 0 atom stereocenters. The number of aliphatic hydroxyl groups excluding tert-OH is 1. The van der Waals surface area contributed by atoms with E-state index >= 15 is 0 Å². The zero-order chi connectivity index (χ0) is 32.8. The van der Waals surface area contributed by atoms with Gasteiger partial charge in [0.1, 0.15) is 31.5 Å². The number of ether oxygens (including phenoxy) is 3. The molecule has 0 spiro atoms. The maximum Gasteiger partial charge on any atom is 0.408 e. The van der Waals surface area contributed by atoms with Crippen LogP contribution in [0.3, 0.4) is 0 Å². The summed E-state index contributed by atoms with van der Waals surface area (Å²) < 4.78 is 15.9. The third kappa shape index (κ3) is 8.53. The highest BCUT2D eigenvalue weighted by atomic mass is 16.6. The first-order valence-corrected chi connectivity index (χ1v) is 12.8. The number of carbonyl (C=O) groups excluding carboxylic acids is 2. The predicted octanol–water partition coefficient (Wildman–Crippen LogP) is 2.62. The van der Waals surface area contributed by atoms with E-state index in [2.05, 4.69) is 13.2 Å². The van der Waals surface area contributed by atoms with Crippen LogP contribution in [0.4, 0.5) is 4.79 Å². The molecular weight excluding hydrogens is 580 g/mol. The summed E-state index contributed by atoms with van der Waals surface area (Å²) >= 11 is 0. The molecule has 1 amide bonds. The monoisotopic (exact) mass is 612 g/mol. The van der Waals surface area contributed by atoms with Crippen molar-refractivity contribution in [3.8, 4) is 0 Å². The summed E-state index contributed by atoms with van der Waals surface area (Å²) in [5, 5.41) is 39.4. The van der Waals surface area contributed by atoms with Crippen LogP contribution in [0.1, 0.15) is 22.8 Å². The highest BCUT2D eigenvalue weighted by Crippen LogP contribution is 2.45. The summed E-state index contributed by atoms with van der Waals surface area (Å²) in [7, 11) is 0. The largest absolute Gasteiger partial charge is 0.480 e.